The predicted molar refractivity (Wildman–Crippen MR) is 109 cm³/mol. The second kappa shape index (κ2) is 6.88. The van der Waals surface area contributed by atoms with E-state index in [-0.39, 0.29) is 30.5 Å². The Bertz CT molecular complexity index is 1210. The van der Waals surface area contributed by atoms with E-state index >= 15 is 0 Å². The molecule has 3 aromatic rings. The molecule has 2 aliphatic heterocycles. The predicted octanol–water partition coefficient (Wildman–Crippen LogP) is 3.24. The molecule has 0 bridgehead atoms. The van der Waals surface area contributed by atoms with Gasteiger partial charge in [0.25, 0.3) is 11.8 Å². The molecule has 0 atom stereocenters. The SMILES string of the molecule is O=C(O)c1[nH]c2c(Br)cc3c(c2c1CCN1C(=O)c2ccccc2C1=O)OCCO3. The summed E-state index contributed by atoms with van der Waals surface area (Å²) in [5.74, 6) is -0.926. The van der Waals surface area contributed by atoms with Crippen LogP contribution in [0.1, 0.15) is 36.8 Å². The van der Waals surface area contributed by atoms with E-state index in [0.717, 1.165) is 4.90 Å². The number of carboxylic acid groups (broad SMARTS) is 1. The van der Waals surface area contributed by atoms with E-state index in [4.69, 9.17) is 9.47 Å². The van der Waals surface area contributed by atoms with Gasteiger partial charge in [-0.15, -0.1) is 0 Å². The number of nitrogens with zero attached hydrogens (tertiary/aromatic N) is 1. The van der Waals surface area contributed by atoms with Gasteiger partial charge in [0.05, 0.1) is 22.0 Å². The normalized spacial score (nSPS) is 15.0. The van der Waals surface area contributed by atoms with Gasteiger partial charge in [-0.25, -0.2) is 4.79 Å². The number of carboxylic acids is 1. The number of hydrogen-bond donors (Lipinski definition) is 2. The number of benzene rings is 2. The monoisotopic (exact) mass is 470 g/mol. The Morgan fingerprint density at radius 3 is 2.47 bits per heavy atom. The van der Waals surface area contributed by atoms with Gasteiger partial charge in [-0.3, -0.25) is 14.5 Å². The number of rotatable bonds is 4. The van der Waals surface area contributed by atoms with Crippen LogP contribution < -0.4 is 9.47 Å². The first-order chi connectivity index (χ1) is 14.5. The summed E-state index contributed by atoms with van der Waals surface area (Å²) in [6.45, 7) is 0.780. The lowest BCUT2D eigenvalue weighted by molar-refractivity contribution is 0.0655. The summed E-state index contributed by atoms with van der Waals surface area (Å²) in [5.41, 5.74) is 1.73. The first kappa shape index (κ1) is 18.7. The number of carbonyl (C=O) groups excluding carboxylic acids is 2. The maximum Gasteiger partial charge on any atom is 0.352 e. The molecule has 0 saturated carbocycles. The summed E-state index contributed by atoms with van der Waals surface area (Å²) < 4.78 is 12.1. The van der Waals surface area contributed by atoms with Gasteiger partial charge in [-0.1, -0.05) is 12.1 Å². The number of nitrogens with one attached hydrogen (secondary N) is 1. The van der Waals surface area contributed by atoms with Crippen molar-refractivity contribution in [2.75, 3.05) is 19.8 Å². The van der Waals surface area contributed by atoms with Crippen LogP contribution in [0.3, 0.4) is 0 Å². The largest absolute Gasteiger partial charge is 0.486 e. The van der Waals surface area contributed by atoms with Gasteiger partial charge in [-0.05, 0) is 40.0 Å². The third-order valence-electron chi connectivity index (χ3n) is 5.32. The van der Waals surface area contributed by atoms with Crippen molar-refractivity contribution >= 4 is 44.6 Å². The van der Waals surface area contributed by atoms with Gasteiger partial charge in [0.15, 0.2) is 11.5 Å². The Morgan fingerprint density at radius 1 is 1.13 bits per heavy atom. The zero-order chi connectivity index (χ0) is 21.0. The number of aromatic carboxylic acids is 1. The molecule has 9 heteroatoms. The van der Waals surface area contributed by atoms with Crippen LogP contribution in [0.25, 0.3) is 10.9 Å². The Labute approximate surface area is 178 Å². The van der Waals surface area contributed by atoms with Gasteiger partial charge < -0.3 is 19.6 Å². The molecule has 1 aromatic heterocycles. The molecule has 0 unspecified atom stereocenters. The van der Waals surface area contributed by atoms with E-state index in [9.17, 15) is 19.5 Å². The highest BCUT2D eigenvalue weighted by atomic mass is 79.9. The minimum Gasteiger partial charge on any atom is -0.486 e. The van der Waals surface area contributed by atoms with Crippen molar-refractivity contribution in [1.82, 2.24) is 9.88 Å². The number of ether oxygens (including phenoxy) is 2. The highest BCUT2D eigenvalue weighted by Crippen LogP contribution is 2.44. The number of imide groups is 1. The lowest BCUT2D eigenvalue weighted by Gasteiger charge is -2.20. The summed E-state index contributed by atoms with van der Waals surface area (Å²) in [4.78, 5) is 41.3. The Hall–Kier alpha value is -3.33. The molecule has 5 rings (SSSR count). The molecule has 2 N–H and O–H groups in total. The van der Waals surface area contributed by atoms with Crippen molar-refractivity contribution in [3.8, 4) is 11.5 Å². The second-order valence-electron chi connectivity index (χ2n) is 6.97. The number of fused-ring (bicyclic) bond motifs is 4. The van der Waals surface area contributed by atoms with E-state index < -0.39 is 5.97 Å². The van der Waals surface area contributed by atoms with Gasteiger partial charge in [-0.2, -0.15) is 0 Å². The van der Waals surface area contributed by atoms with Crippen LogP contribution in [0.5, 0.6) is 11.5 Å². The molecule has 30 heavy (non-hydrogen) atoms. The van der Waals surface area contributed by atoms with Gasteiger partial charge in [0.2, 0.25) is 0 Å². The molecule has 8 nitrogen and oxygen atoms in total. The molecular weight excluding hydrogens is 456 g/mol. The highest BCUT2D eigenvalue weighted by Gasteiger charge is 2.35. The van der Waals surface area contributed by atoms with Gasteiger partial charge >= 0.3 is 5.97 Å². The maximum atomic E-state index is 12.7. The van der Waals surface area contributed by atoms with Crippen molar-refractivity contribution in [2.24, 2.45) is 0 Å². The average Bonchev–Trinajstić information content (AvgIpc) is 3.24. The number of halogens is 1. The number of H-pyrrole nitrogens is 1. The molecule has 2 aliphatic rings. The van der Waals surface area contributed by atoms with Crippen molar-refractivity contribution in [1.29, 1.82) is 0 Å². The van der Waals surface area contributed by atoms with Crippen molar-refractivity contribution in [2.45, 2.75) is 6.42 Å². The Kier molecular flexibility index (Phi) is 4.28. The third kappa shape index (κ3) is 2.69. The van der Waals surface area contributed by atoms with Crippen molar-refractivity contribution in [3.05, 3.63) is 57.2 Å². The van der Waals surface area contributed by atoms with E-state index in [1.54, 1.807) is 30.3 Å². The molecular formula is C21H15BrN2O6. The first-order valence-corrected chi connectivity index (χ1v) is 10.1. The average molecular weight is 471 g/mol. The number of amides is 2. The number of aromatic nitrogens is 1. The summed E-state index contributed by atoms with van der Waals surface area (Å²) in [5, 5.41) is 10.3. The molecule has 2 amide bonds. The van der Waals surface area contributed by atoms with E-state index in [1.165, 1.54) is 0 Å². The van der Waals surface area contributed by atoms with Crippen LogP contribution in [0, 0.1) is 0 Å². The first-order valence-electron chi connectivity index (χ1n) is 9.28. The van der Waals surface area contributed by atoms with Crippen LogP contribution in [0.2, 0.25) is 0 Å². The van der Waals surface area contributed by atoms with Crippen LogP contribution in [0.4, 0.5) is 0 Å². The molecule has 3 heterocycles. The zero-order valence-electron chi connectivity index (χ0n) is 15.5. The summed E-state index contributed by atoms with van der Waals surface area (Å²) in [6, 6.07) is 8.37. The quantitative estimate of drug-likeness (QED) is 0.566. The second-order valence-corrected chi connectivity index (χ2v) is 7.83. The van der Waals surface area contributed by atoms with E-state index in [1.807, 2.05) is 0 Å². The summed E-state index contributed by atoms with van der Waals surface area (Å²) in [7, 11) is 0. The Morgan fingerprint density at radius 2 is 1.80 bits per heavy atom. The summed E-state index contributed by atoms with van der Waals surface area (Å²) >= 11 is 3.45. The number of aromatic amines is 1. The number of carbonyl (C=O) groups is 3. The van der Waals surface area contributed by atoms with Crippen LogP contribution in [0.15, 0.2) is 34.8 Å². The molecule has 0 fully saturated rings. The van der Waals surface area contributed by atoms with Gasteiger partial charge in [0.1, 0.15) is 18.9 Å². The Balaban J connectivity index is 1.57. The molecule has 152 valence electrons. The topological polar surface area (TPSA) is 109 Å². The summed E-state index contributed by atoms with van der Waals surface area (Å²) in [6.07, 6.45) is 0.152. The van der Waals surface area contributed by atoms with Crippen molar-refractivity contribution < 1.29 is 29.0 Å². The minimum absolute atomic E-state index is 0.00937. The van der Waals surface area contributed by atoms with Crippen LogP contribution >= 0.6 is 15.9 Å². The fourth-order valence-electron chi connectivity index (χ4n) is 3.99. The maximum absolute atomic E-state index is 12.7. The molecule has 2 aromatic carbocycles. The standard InChI is InChI=1S/C21H15BrN2O6/c22-13-9-14-18(30-8-7-29-14)15-12(16(21(27)28)23-17(13)15)5-6-24-19(25)10-3-1-2-4-11(10)20(24)26/h1-4,9,23H,5-8H2,(H,27,28). The lowest BCUT2D eigenvalue weighted by Crippen LogP contribution is -2.32. The fourth-order valence-corrected chi connectivity index (χ4v) is 4.49. The lowest BCUT2D eigenvalue weighted by atomic mass is 10.0. The minimum atomic E-state index is -1.14. The van der Waals surface area contributed by atoms with Gasteiger partial charge in [0, 0.05) is 17.1 Å². The van der Waals surface area contributed by atoms with E-state index in [2.05, 4.69) is 20.9 Å². The fraction of sp³-hybridized carbons (Fsp3) is 0.190. The highest BCUT2D eigenvalue weighted by molar-refractivity contribution is 9.10. The third-order valence-corrected chi connectivity index (χ3v) is 5.94. The molecule has 0 spiro atoms. The van der Waals surface area contributed by atoms with Crippen LogP contribution in [-0.2, 0) is 6.42 Å². The molecule has 0 radical (unpaired) electrons. The van der Waals surface area contributed by atoms with Crippen molar-refractivity contribution in [3.63, 3.8) is 0 Å². The number of hydrogen-bond acceptors (Lipinski definition) is 5. The van der Waals surface area contributed by atoms with Crippen LogP contribution in [-0.4, -0.2) is 52.5 Å². The molecule has 0 saturated heterocycles. The van der Waals surface area contributed by atoms with E-state index in [0.29, 0.717) is 56.8 Å². The molecule has 0 aliphatic carbocycles. The zero-order valence-corrected chi connectivity index (χ0v) is 17.1. The smallest absolute Gasteiger partial charge is 0.352 e.